The number of aryl methyl sites for hydroxylation is 1. The van der Waals surface area contributed by atoms with Crippen molar-refractivity contribution in [1.29, 1.82) is 0 Å². The molecule has 0 radical (unpaired) electrons. The Labute approximate surface area is 112 Å². The number of aliphatic hydroxyl groups excluding tert-OH is 1. The molecular formula is C13H20N4O2. The zero-order chi connectivity index (χ0) is 13.7. The zero-order valence-corrected chi connectivity index (χ0v) is 11.0. The molecule has 0 aliphatic heterocycles. The first-order valence-electron chi connectivity index (χ1n) is 6.60. The van der Waals surface area contributed by atoms with Gasteiger partial charge < -0.3 is 15.7 Å². The van der Waals surface area contributed by atoms with E-state index < -0.39 is 0 Å². The fourth-order valence-corrected chi connectivity index (χ4v) is 2.13. The van der Waals surface area contributed by atoms with E-state index in [9.17, 15) is 4.79 Å². The molecule has 2 rings (SSSR count). The summed E-state index contributed by atoms with van der Waals surface area (Å²) in [5, 5.41) is 18.8. The Balaban J connectivity index is 1.79. The number of aliphatic hydroxyl groups is 1. The number of amides is 2. The summed E-state index contributed by atoms with van der Waals surface area (Å²) < 4.78 is 1.80. The third kappa shape index (κ3) is 3.82. The molecule has 0 saturated heterocycles. The molecule has 1 heterocycles. The van der Waals surface area contributed by atoms with Crippen LogP contribution in [-0.2, 0) is 6.54 Å². The van der Waals surface area contributed by atoms with Gasteiger partial charge in [-0.05, 0) is 12.8 Å². The van der Waals surface area contributed by atoms with Gasteiger partial charge in [-0.15, -0.1) is 0 Å². The number of hydrogen-bond donors (Lipinski definition) is 3. The number of nitrogens with one attached hydrogen (secondary N) is 2. The van der Waals surface area contributed by atoms with Crippen LogP contribution >= 0.6 is 0 Å². The summed E-state index contributed by atoms with van der Waals surface area (Å²) in [5.74, 6) is 0.151. The summed E-state index contributed by atoms with van der Waals surface area (Å²) in [7, 11) is 0. The van der Waals surface area contributed by atoms with Gasteiger partial charge in [0.2, 0.25) is 0 Å². The van der Waals surface area contributed by atoms with Gasteiger partial charge in [0.25, 0.3) is 0 Å². The topological polar surface area (TPSA) is 79.2 Å². The molecular weight excluding hydrogens is 244 g/mol. The standard InChI is InChI=1S/C13H20N4O2/c1-2-5-17-8-12(7-14-17)16-13(19)15-11-4-3-10(6-11)9-18/h3-4,7-8,10-11,18H,2,5-6,9H2,1H3,(H2,15,16,19)/t10-,11+/m0/s1. The van der Waals surface area contributed by atoms with Crippen LogP contribution in [0.4, 0.5) is 10.5 Å². The van der Waals surface area contributed by atoms with Crippen molar-refractivity contribution in [2.45, 2.75) is 32.4 Å². The molecule has 0 bridgehead atoms. The maximum atomic E-state index is 11.8. The number of hydrogen-bond acceptors (Lipinski definition) is 3. The molecule has 0 unspecified atom stereocenters. The fraction of sp³-hybridized carbons (Fsp3) is 0.538. The van der Waals surface area contributed by atoms with Crippen molar-refractivity contribution in [3.63, 3.8) is 0 Å². The second-order valence-corrected chi connectivity index (χ2v) is 4.76. The lowest BCUT2D eigenvalue weighted by Gasteiger charge is -2.12. The maximum Gasteiger partial charge on any atom is 0.319 e. The van der Waals surface area contributed by atoms with Crippen molar-refractivity contribution in [3.8, 4) is 0 Å². The zero-order valence-electron chi connectivity index (χ0n) is 11.0. The van der Waals surface area contributed by atoms with Crippen molar-refractivity contribution in [1.82, 2.24) is 15.1 Å². The highest BCUT2D eigenvalue weighted by atomic mass is 16.3. The molecule has 0 saturated carbocycles. The molecule has 2 amide bonds. The van der Waals surface area contributed by atoms with Crippen LogP contribution in [0.2, 0.25) is 0 Å². The Hall–Kier alpha value is -1.82. The Kier molecular flexibility index (Phi) is 4.57. The van der Waals surface area contributed by atoms with Crippen molar-refractivity contribution in [3.05, 3.63) is 24.5 Å². The SMILES string of the molecule is CCCn1cc(NC(=O)N[C@@H]2C=C[C@H](CO)C2)cn1. The molecule has 0 aromatic carbocycles. The monoisotopic (exact) mass is 264 g/mol. The Bertz CT molecular complexity index is 455. The maximum absolute atomic E-state index is 11.8. The minimum Gasteiger partial charge on any atom is -0.396 e. The van der Waals surface area contributed by atoms with Crippen LogP contribution in [0.25, 0.3) is 0 Å². The fourth-order valence-electron chi connectivity index (χ4n) is 2.13. The molecule has 2 atom stereocenters. The van der Waals surface area contributed by atoms with Crippen molar-refractivity contribution in [2.75, 3.05) is 11.9 Å². The van der Waals surface area contributed by atoms with Gasteiger partial charge in [0.05, 0.1) is 11.9 Å². The van der Waals surface area contributed by atoms with E-state index in [0.717, 1.165) is 19.4 Å². The highest BCUT2D eigenvalue weighted by Crippen LogP contribution is 2.17. The number of aromatic nitrogens is 2. The second-order valence-electron chi connectivity index (χ2n) is 4.76. The van der Waals surface area contributed by atoms with E-state index in [-0.39, 0.29) is 24.6 Å². The summed E-state index contributed by atoms with van der Waals surface area (Å²) in [5.41, 5.74) is 0.687. The Morgan fingerprint density at radius 3 is 3.11 bits per heavy atom. The number of rotatable bonds is 5. The predicted octanol–water partition coefficient (Wildman–Crippen LogP) is 1.35. The van der Waals surface area contributed by atoms with Crippen molar-refractivity contribution < 1.29 is 9.90 Å². The van der Waals surface area contributed by atoms with E-state index in [1.807, 2.05) is 18.3 Å². The van der Waals surface area contributed by atoms with Gasteiger partial charge in [-0.2, -0.15) is 5.10 Å². The van der Waals surface area contributed by atoms with Gasteiger partial charge in [-0.1, -0.05) is 19.1 Å². The molecule has 3 N–H and O–H groups in total. The molecule has 6 nitrogen and oxygen atoms in total. The third-order valence-electron chi connectivity index (χ3n) is 3.07. The van der Waals surface area contributed by atoms with Gasteiger partial charge >= 0.3 is 6.03 Å². The van der Waals surface area contributed by atoms with Crippen molar-refractivity contribution in [2.24, 2.45) is 5.92 Å². The van der Waals surface area contributed by atoms with E-state index in [2.05, 4.69) is 22.7 Å². The highest BCUT2D eigenvalue weighted by molar-refractivity contribution is 5.89. The lowest BCUT2D eigenvalue weighted by molar-refractivity contribution is 0.238. The van der Waals surface area contributed by atoms with Crippen LogP contribution < -0.4 is 10.6 Å². The summed E-state index contributed by atoms with van der Waals surface area (Å²) in [6.45, 7) is 3.04. The number of anilines is 1. The van der Waals surface area contributed by atoms with E-state index in [1.54, 1.807) is 10.9 Å². The number of urea groups is 1. The summed E-state index contributed by atoms with van der Waals surface area (Å²) in [4.78, 5) is 11.8. The normalized spacial score (nSPS) is 21.6. The number of nitrogens with zero attached hydrogens (tertiary/aromatic N) is 2. The van der Waals surface area contributed by atoms with Gasteiger partial charge in [0, 0.05) is 31.3 Å². The second kappa shape index (κ2) is 6.38. The summed E-state index contributed by atoms with van der Waals surface area (Å²) in [6, 6.07) is -0.257. The average molecular weight is 264 g/mol. The molecule has 6 heteroatoms. The van der Waals surface area contributed by atoms with Crippen molar-refractivity contribution >= 4 is 11.7 Å². The number of carbonyl (C=O) groups excluding carboxylic acids is 1. The largest absolute Gasteiger partial charge is 0.396 e. The molecule has 104 valence electrons. The van der Waals surface area contributed by atoms with E-state index in [0.29, 0.717) is 5.69 Å². The summed E-state index contributed by atoms with van der Waals surface area (Å²) >= 11 is 0. The van der Waals surface area contributed by atoms with Gasteiger partial charge in [0.1, 0.15) is 0 Å². The highest BCUT2D eigenvalue weighted by Gasteiger charge is 2.19. The van der Waals surface area contributed by atoms with E-state index in [1.165, 1.54) is 0 Å². The minimum absolute atomic E-state index is 0.0113. The molecule has 0 spiro atoms. The summed E-state index contributed by atoms with van der Waals surface area (Å²) in [6.07, 6.45) is 9.05. The molecule has 1 aromatic rings. The van der Waals surface area contributed by atoms with Gasteiger partial charge in [-0.25, -0.2) is 4.79 Å². The van der Waals surface area contributed by atoms with Crippen LogP contribution in [-0.4, -0.2) is 33.6 Å². The average Bonchev–Trinajstić information content (AvgIpc) is 2.99. The molecule has 1 aromatic heterocycles. The van der Waals surface area contributed by atoms with E-state index >= 15 is 0 Å². The van der Waals surface area contributed by atoms with Crippen LogP contribution in [0.1, 0.15) is 19.8 Å². The third-order valence-corrected chi connectivity index (χ3v) is 3.07. The lowest BCUT2D eigenvalue weighted by atomic mass is 10.1. The smallest absolute Gasteiger partial charge is 0.319 e. The Morgan fingerprint density at radius 1 is 1.58 bits per heavy atom. The quantitative estimate of drug-likeness (QED) is 0.702. The first-order chi connectivity index (χ1) is 9.21. The number of carbonyl (C=O) groups is 1. The molecule has 0 fully saturated rings. The molecule has 19 heavy (non-hydrogen) atoms. The van der Waals surface area contributed by atoms with Crippen LogP contribution in [0.3, 0.4) is 0 Å². The Morgan fingerprint density at radius 2 is 2.42 bits per heavy atom. The first-order valence-corrected chi connectivity index (χ1v) is 6.60. The predicted molar refractivity (Wildman–Crippen MR) is 72.8 cm³/mol. The molecule has 1 aliphatic rings. The molecule has 1 aliphatic carbocycles. The van der Waals surface area contributed by atoms with Crippen LogP contribution in [0.5, 0.6) is 0 Å². The van der Waals surface area contributed by atoms with E-state index in [4.69, 9.17) is 5.11 Å². The van der Waals surface area contributed by atoms with Crippen LogP contribution in [0.15, 0.2) is 24.5 Å². The van der Waals surface area contributed by atoms with Gasteiger partial charge in [0.15, 0.2) is 0 Å². The minimum atomic E-state index is -0.246. The first kappa shape index (κ1) is 13.6. The lowest BCUT2D eigenvalue weighted by Crippen LogP contribution is -2.36. The van der Waals surface area contributed by atoms with Gasteiger partial charge in [-0.3, -0.25) is 4.68 Å². The van der Waals surface area contributed by atoms with Crippen LogP contribution in [0, 0.1) is 5.92 Å².